The molecule has 0 aliphatic heterocycles. The fraction of sp³-hybridized carbons (Fsp3) is 0.130. The first kappa shape index (κ1) is 23.0. The lowest BCUT2D eigenvalue weighted by molar-refractivity contribution is 0.0951. The molecule has 0 bridgehead atoms. The Bertz CT molecular complexity index is 1260. The molecule has 0 aliphatic rings. The molecule has 7 nitrogen and oxygen atoms in total. The Balaban J connectivity index is 1.41. The number of nitrogens with one attached hydrogen (secondary N) is 2. The standard InChI is InChI=1S/C23H20ClN5O2S2/c1-2-20-26-27-23(33-14-15-6-4-3-5-7-15)29(20)28-22(32)25-21(30)19-13-12-18(31-19)16-8-10-17(24)11-9-16/h3-13H,2,14H2,1H3,(H2,25,28,30,32). The minimum Gasteiger partial charge on any atom is -0.451 e. The number of furan rings is 1. The molecule has 4 aromatic rings. The van der Waals surface area contributed by atoms with Crippen molar-refractivity contribution in [2.45, 2.75) is 24.3 Å². The zero-order valence-corrected chi connectivity index (χ0v) is 20.0. The van der Waals surface area contributed by atoms with Gasteiger partial charge in [-0.25, -0.2) is 4.68 Å². The van der Waals surface area contributed by atoms with Crippen LogP contribution >= 0.6 is 35.6 Å². The monoisotopic (exact) mass is 497 g/mol. The van der Waals surface area contributed by atoms with E-state index in [1.807, 2.05) is 49.4 Å². The summed E-state index contributed by atoms with van der Waals surface area (Å²) >= 11 is 12.8. The molecule has 0 radical (unpaired) electrons. The summed E-state index contributed by atoms with van der Waals surface area (Å²) in [4.78, 5) is 12.6. The second-order valence-corrected chi connectivity index (χ2v) is 8.72. The first-order valence-corrected chi connectivity index (χ1v) is 11.9. The number of halogens is 1. The van der Waals surface area contributed by atoms with Gasteiger partial charge in [0.2, 0.25) is 5.16 Å². The van der Waals surface area contributed by atoms with Crippen LogP contribution in [0, 0.1) is 0 Å². The number of benzene rings is 2. The number of hydrogen-bond acceptors (Lipinski definition) is 6. The second kappa shape index (κ2) is 10.7. The Morgan fingerprint density at radius 2 is 1.85 bits per heavy atom. The van der Waals surface area contributed by atoms with Gasteiger partial charge in [-0.05, 0) is 54.2 Å². The number of nitrogens with zero attached hydrogens (tertiary/aromatic N) is 3. The van der Waals surface area contributed by atoms with E-state index >= 15 is 0 Å². The lowest BCUT2D eigenvalue weighted by atomic mass is 10.2. The summed E-state index contributed by atoms with van der Waals surface area (Å²) in [6.45, 7) is 1.97. The molecular formula is C23H20ClN5O2S2. The van der Waals surface area contributed by atoms with Crippen molar-refractivity contribution in [2.75, 3.05) is 5.43 Å². The van der Waals surface area contributed by atoms with Crippen molar-refractivity contribution in [1.82, 2.24) is 20.2 Å². The highest BCUT2D eigenvalue weighted by Crippen LogP contribution is 2.24. The first-order chi connectivity index (χ1) is 16.0. The number of thioether (sulfide) groups is 1. The van der Waals surface area contributed by atoms with Gasteiger partial charge in [-0.15, -0.1) is 10.2 Å². The Hall–Kier alpha value is -3.14. The van der Waals surface area contributed by atoms with Gasteiger partial charge in [-0.1, -0.05) is 60.6 Å². The van der Waals surface area contributed by atoms with Crippen LogP contribution < -0.4 is 10.7 Å². The van der Waals surface area contributed by atoms with Gasteiger partial charge in [0.15, 0.2) is 16.7 Å². The predicted molar refractivity (Wildman–Crippen MR) is 134 cm³/mol. The van der Waals surface area contributed by atoms with Gasteiger partial charge in [-0.3, -0.25) is 15.5 Å². The van der Waals surface area contributed by atoms with Crippen LogP contribution in [0.1, 0.15) is 28.9 Å². The number of amides is 1. The Labute approximate surface area is 205 Å². The number of thiocarbonyl (C=S) groups is 1. The SMILES string of the molecule is CCc1nnc(SCc2ccccc2)n1NC(=S)NC(=O)c1ccc(-c2ccc(Cl)cc2)o1. The molecule has 0 fully saturated rings. The number of rotatable bonds is 7. The molecule has 0 saturated heterocycles. The van der Waals surface area contributed by atoms with Crippen LogP contribution in [0.2, 0.25) is 5.02 Å². The fourth-order valence-electron chi connectivity index (χ4n) is 2.98. The van der Waals surface area contributed by atoms with Crippen LogP contribution in [0.3, 0.4) is 0 Å². The van der Waals surface area contributed by atoms with Gasteiger partial charge in [0.1, 0.15) is 5.76 Å². The van der Waals surface area contributed by atoms with Crippen LogP contribution in [0.5, 0.6) is 0 Å². The van der Waals surface area contributed by atoms with Crippen molar-refractivity contribution in [3.05, 3.63) is 88.9 Å². The number of aromatic nitrogens is 3. The van der Waals surface area contributed by atoms with Gasteiger partial charge in [0.05, 0.1) is 0 Å². The topological polar surface area (TPSA) is 85.0 Å². The number of aryl methyl sites for hydroxylation is 1. The van der Waals surface area contributed by atoms with E-state index in [2.05, 4.69) is 20.9 Å². The molecule has 2 heterocycles. The summed E-state index contributed by atoms with van der Waals surface area (Å²) in [5, 5.41) is 12.5. The first-order valence-electron chi connectivity index (χ1n) is 10.1. The third-order valence-electron chi connectivity index (χ3n) is 4.63. The second-order valence-electron chi connectivity index (χ2n) is 6.93. The van der Waals surface area contributed by atoms with Crippen molar-refractivity contribution < 1.29 is 9.21 Å². The lowest BCUT2D eigenvalue weighted by Gasteiger charge is -2.13. The summed E-state index contributed by atoms with van der Waals surface area (Å²) < 4.78 is 7.38. The van der Waals surface area contributed by atoms with Gasteiger partial charge in [0.25, 0.3) is 5.91 Å². The van der Waals surface area contributed by atoms with Gasteiger partial charge in [-0.2, -0.15) is 0 Å². The van der Waals surface area contributed by atoms with Crippen molar-refractivity contribution in [3.63, 3.8) is 0 Å². The highest BCUT2D eigenvalue weighted by Gasteiger charge is 2.17. The largest absolute Gasteiger partial charge is 0.451 e. The van der Waals surface area contributed by atoms with Crippen LogP contribution in [-0.4, -0.2) is 25.9 Å². The average Bonchev–Trinajstić information content (AvgIpc) is 3.46. The van der Waals surface area contributed by atoms with Crippen LogP contribution in [-0.2, 0) is 12.2 Å². The maximum Gasteiger partial charge on any atom is 0.293 e. The van der Waals surface area contributed by atoms with E-state index in [1.54, 1.807) is 28.9 Å². The van der Waals surface area contributed by atoms with E-state index < -0.39 is 5.91 Å². The molecule has 168 valence electrons. The van der Waals surface area contributed by atoms with E-state index in [9.17, 15) is 4.79 Å². The average molecular weight is 498 g/mol. The summed E-state index contributed by atoms with van der Waals surface area (Å²) in [6, 6.07) is 20.5. The summed E-state index contributed by atoms with van der Waals surface area (Å²) in [5.41, 5.74) is 4.99. The van der Waals surface area contributed by atoms with E-state index in [1.165, 1.54) is 17.3 Å². The van der Waals surface area contributed by atoms with Crippen molar-refractivity contribution >= 4 is 46.6 Å². The Morgan fingerprint density at radius 1 is 1.09 bits per heavy atom. The molecular weight excluding hydrogens is 478 g/mol. The summed E-state index contributed by atoms with van der Waals surface area (Å²) in [6.07, 6.45) is 0.644. The molecule has 33 heavy (non-hydrogen) atoms. The molecule has 0 unspecified atom stereocenters. The van der Waals surface area contributed by atoms with E-state index in [0.29, 0.717) is 28.2 Å². The van der Waals surface area contributed by atoms with Crippen LogP contribution in [0.4, 0.5) is 0 Å². The molecule has 2 aromatic heterocycles. The number of carbonyl (C=O) groups excluding carboxylic acids is 1. The zero-order valence-electron chi connectivity index (χ0n) is 17.6. The lowest BCUT2D eigenvalue weighted by Crippen LogP contribution is -2.38. The smallest absolute Gasteiger partial charge is 0.293 e. The minimum absolute atomic E-state index is 0.112. The van der Waals surface area contributed by atoms with Crippen molar-refractivity contribution in [1.29, 1.82) is 0 Å². The van der Waals surface area contributed by atoms with E-state index in [4.69, 9.17) is 28.2 Å². The van der Waals surface area contributed by atoms with E-state index in [0.717, 1.165) is 11.3 Å². The maximum atomic E-state index is 12.6. The molecule has 0 aliphatic carbocycles. The molecule has 0 saturated carbocycles. The molecule has 2 aromatic carbocycles. The maximum absolute atomic E-state index is 12.6. The molecule has 4 rings (SSSR count). The minimum atomic E-state index is -0.461. The highest BCUT2D eigenvalue weighted by molar-refractivity contribution is 7.98. The van der Waals surface area contributed by atoms with Crippen molar-refractivity contribution in [3.8, 4) is 11.3 Å². The fourth-order valence-corrected chi connectivity index (χ4v) is 4.16. The Kier molecular flexibility index (Phi) is 7.43. The summed E-state index contributed by atoms with van der Waals surface area (Å²) in [5.74, 6) is 1.66. The van der Waals surface area contributed by atoms with Crippen molar-refractivity contribution in [2.24, 2.45) is 0 Å². The number of carbonyl (C=O) groups is 1. The molecule has 0 spiro atoms. The molecule has 0 atom stereocenters. The normalized spacial score (nSPS) is 10.7. The molecule has 10 heteroatoms. The van der Waals surface area contributed by atoms with Crippen LogP contribution in [0.25, 0.3) is 11.3 Å². The van der Waals surface area contributed by atoms with Crippen LogP contribution in [0.15, 0.2) is 76.3 Å². The third kappa shape index (κ3) is 5.81. The molecule has 2 N–H and O–H groups in total. The molecule has 1 amide bonds. The van der Waals surface area contributed by atoms with E-state index in [-0.39, 0.29) is 10.9 Å². The van der Waals surface area contributed by atoms with Gasteiger partial charge < -0.3 is 4.42 Å². The predicted octanol–water partition coefficient (Wildman–Crippen LogP) is 5.30. The summed E-state index contributed by atoms with van der Waals surface area (Å²) in [7, 11) is 0. The number of hydrogen-bond donors (Lipinski definition) is 2. The highest BCUT2D eigenvalue weighted by atomic mass is 35.5. The zero-order chi connectivity index (χ0) is 23.2. The third-order valence-corrected chi connectivity index (χ3v) is 6.07. The van der Waals surface area contributed by atoms with Gasteiger partial charge >= 0.3 is 0 Å². The van der Waals surface area contributed by atoms with Gasteiger partial charge in [0, 0.05) is 22.8 Å². The Morgan fingerprint density at radius 3 is 2.58 bits per heavy atom. The quantitative estimate of drug-likeness (QED) is 0.264.